The molecule has 1 aromatic carbocycles. The van der Waals surface area contributed by atoms with Crippen LogP contribution in [0.25, 0.3) is 11.2 Å². The van der Waals surface area contributed by atoms with E-state index in [1.165, 1.54) is 6.33 Å². The number of anilines is 1. The summed E-state index contributed by atoms with van der Waals surface area (Å²) in [5.41, 5.74) is 1.31. The van der Waals surface area contributed by atoms with E-state index in [4.69, 9.17) is 14.2 Å². The second kappa shape index (κ2) is 8.09. The molecule has 3 aromatic rings. The van der Waals surface area contributed by atoms with Gasteiger partial charge in [0, 0.05) is 13.0 Å². The molecule has 4 rings (SSSR count). The van der Waals surface area contributed by atoms with Gasteiger partial charge in [0.2, 0.25) is 0 Å². The minimum atomic E-state index is -0.676. The highest BCUT2D eigenvalue weighted by molar-refractivity contribution is 5.82. The number of aliphatic hydroxyl groups is 1. The van der Waals surface area contributed by atoms with Crippen molar-refractivity contribution in [2.24, 2.45) is 5.92 Å². The number of hydrogen-bond acceptors (Lipinski definition) is 8. The number of hydrogen-bond donors (Lipinski definition) is 2. The van der Waals surface area contributed by atoms with Gasteiger partial charge in [0.05, 0.1) is 19.0 Å². The summed E-state index contributed by atoms with van der Waals surface area (Å²) in [4.78, 5) is 12.9. The molecule has 0 saturated carbocycles. The highest BCUT2D eigenvalue weighted by Gasteiger charge is 2.42. The Morgan fingerprint density at radius 3 is 2.82 bits per heavy atom. The van der Waals surface area contributed by atoms with Gasteiger partial charge in [-0.2, -0.15) is 0 Å². The predicted molar refractivity (Wildman–Crippen MR) is 102 cm³/mol. The molecule has 0 spiro atoms. The van der Waals surface area contributed by atoms with Gasteiger partial charge in [-0.25, -0.2) is 15.0 Å². The van der Waals surface area contributed by atoms with Crippen molar-refractivity contribution in [1.29, 1.82) is 0 Å². The Kier molecular flexibility index (Phi) is 5.38. The molecule has 148 valence electrons. The van der Waals surface area contributed by atoms with Crippen molar-refractivity contribution >= 4 is 17.0 Å². The molecule has 0 radical (unpaired) electrons. The molecule has 4 atom stereocenters. The zero-order valence-corrected chi connectivity index (χ0v) is 15.7. The van der Waals surface area contributed by atoms with Crippen LogP contribution in [0.2, 0.25) is 0 Å². The molecule has 28 heavy (non-hydrogen) atoms. The van der Waals surface area contributed by atoms with E-state index in [2.05, 4.69) is 20.3 Å². The summed E-state index contributed by atoms with van der Waals surface area (Å²) in [6.07, 6.45) is 1.59. The van der Waals surface area contributed by atoms with Crippen LogP contribution >= 0.6 is 0 Å². The van der Waals surface area contributed by atoms with E-state index in [0.29, 0.717) is 17.0 Å². The molecule has 1 saturated heterocycles. The third-order valence-corrected chi connectivity index (χ3v) is 4.89. The highest BCUT2D eigenvalue weighted by Crippen LogP contribution is 2.36. The number of nitrogens with one attached hydrogen (secondary N) is 1. The summed E-state index contributed by atoms with van der Waals surface area (Å²) >= 11 is 0. The molecule has 2 aromatic heterocycles. The number of aliphatic hydroxyl groups excluding tert-OH is 1. The lowest BCUT2D eigenvalue weighted by Crippen LogP contribution is -2.30. The number of nitrogens with zero attached hydrogens (tertiary/aromatic N) is 4. The molecule has 0 bridgehead atoms. The van der Waals surface area contributed by atoms with Crippen molar-refractivity contribution in [1.82, 2.24) is 19.5 Å². The van der Waals surface area contributed by atoms with Crippen LogP contribution in [-0.4, -0.2) is 57.3 Å². The van der Waals surface area contributed by atoms with E-state index < -0.39 is 18.4 Å². The number of para-hydroxylation sites is 1. The molecule has 1 aliphatic heterocycles. The Labute approximate surface area is 162 Å². The molecule has 1 aliphatic rings. The molecule has 2 N–H and O–H groups in total. The first-order valence-electron chi connectivity index (χ1n) is 9.13. The van der Waals surface area contributed by atoms with Gasteiger partial charge in [-0.15, -0.1) is 0 Å². The second-order valence-corrected chi connectivity index (χ2v) is 6.66. The molecule has 9 heteroatoms. The van der Waals surface area contributed by atoms with Gasteiger partial charge in [0.15, 0.2) is 18.3 Å². The normalized spacial score (nSPS) is 24.5. The molecule has 0 unspecified atom stereocenters. The van der Waals surface area contributed by atoms with Crippen molar-refractivity contribution in [3.05, 3.63) is 43.0 Å². The van der Waals surface area contributed by atoms with Crippen molar-refractivity contribution in [3.8, 4) is 5.75 Å². The Bertz CT molecular complexity index is 919. The van der Waals surface area contributed by atoms with Crippen molar-refractivity contribution < 1.29 is 19.3 Å². The van der Waals surface area contributed by atoms with Crippen LogP contribution in [0.4, 0.5) is 5.82 Å². The van der Waals surface area contributed by atoms with E-state index in [-0.39, 0.29) is 19.3 Å². The largest absolute Gasteiger partial charge is 0.468 e. The number of aromatic nitrogens is 4. The maximum atomic E-state index is 10.6. The molecule has 9 nitrogen and oxygen atoms in total. The Morgan fingerprint density at radius 2 is 2.04 bits per heavy atom. The van der Waals surface area contributed by atoms with E-state index in [0.717, 1.165) is 5.75 Å². The van der Waals surface area contributed by atoms with Gasteiger partial charge in [-0.3, -0.25) is 4.57 Å². The third-order valence-electron chi connectivity index (χ3n) is 4.89. The Balaban J connectivity index is 1.40. The van der Waals surface area contributed by atoms with Gasteiger partial charge < -0.3 is 24.6 Å². The number of rotatable bonds is 7. The Morgan fingerprint density at radius 1 is 1.21 bits per heavy atom. The Hall–Kier alpha value is -2.75. The second-order valence-electron chi connectivity index (χ2n) is 6.66. The van der Waals surface area contributed by atoms with Gasteiger partial charge in [-0.05, 0) is 12.1 Å². The quantitative estimate of drug-likeness (QED) is 0.469. The molecule has 0 amide bonds. The van der Waals surface area contributed by atoms with Gasteiger partial charge in [-0.1, -0.05) is 25.1 Å². The van der Waals surface area contributed by atoms with Crippen molar-refractivity contribution in [2.45, 2.75) is 25.4 Å². The fourth-order valence-corrected chi connectivity index (χ4v) is 3.36. The first kappa shape index (κ1) is 18.6. The smallest absolute Gasteiger partial charge is 0.189 e. The van der Waals surface area contributed by atoms with Crippen LogP contribution in [0.3, 0.4) is 0 Å². The van der Waals surface area contributed by atoms with Crippen LogP contribution in [0.5, 0.6) is 5.75 Å². The van der Waals surface area contributed by atoms with Crippen LogP contribution in [-0.2, 0) is 9.47 Å². The standard InChI is InChI=1S/C19H23N5O4/c1-12-16(25)14(8-26-11-27-13-6-4-3-5-7-13)28-19(12)24-10-23-15-17(20-2)21-9-22-18(15)24/h3-7,9-10,12,14,16,19,25H,8,11H2,1-2H3,(H,20,21,22)/t12-,14+,16-,19+/m0/s1. The van der Waals surface area contributed by atoms with E-state index in [1.807, 2.05) is 41.8 Å². The van der Waals surface area contributed by atoms with Crippen LogP contribution in [0, 0.1) is 5.92 Å². The zero-order valence-electron chi connectivity index (χ0n) is 15.7. The monoisotopic (exact) mass is 385 g/mol. The number of imidazole rings is 1. The summed E-state index contributed by atoms with van der Waals surface area (Å²) in [5.74, 6) is 1.22. The average molecular weight is 385 g/mol. The van der Waals surface area contributed by atoms with Gasteiger partial charge in [0.25, 0.3) is 0 Å². The number of benzene rings is 1. The van der Waals surface area contributed by atoms with Gasteiger partial charge >= 0.3 is 0 Å². The molecule has 0 aliphatic carbocycles. The number of ether oxygens (including phenoxy) is 3. The maximum Gasteiger partial charge on any atom is 0.189 e. The van der Waals surface area contributed by atoms with Crippen molar-refractivity contribution in [2.75, 3.05) is 25.8 Å². The van der Waals surface area contributed by atoms with Crippen LogP contribution in [0.15, 0.2) is 43.0 Å². The topological polar surface area (TPSA) is 104 Å². The predicted octanol–water partition coefficient (Wildman–Crippen LogP) is 1.82. The molecular weight excluding hydrogens is 362 g/mol. The highest BCUT2D eigenvalue weighted by atomic mass is 16.7. The number of fused-ring (bicyclic) bond motifs is 1. The summed E-state index contributed by atoms with van der Waals surface area (Å²) in [6, 6.07) is 9.41. The molecular formula is C19H23N5O4. The average Bonchev–Trinajstić information content (AvgIpc) is 3.28. The summed E-state index contributed by atoms with van der Waals surface area (Å²) in [7, 11) is 1.78. The summed E-state index contributed by atoms with van der Waals surface area (Å²) in [5, 5.41) is 13.6. The fraction of sp³-hybridized carbons (Fsp3) is 0.421. The first-order valence-corrected chi connectivity index (χ1v) is 9.13. The molecule has 3 heterocycles. The lowest BCUT2D eigenvalue weighted by Gasteiger charge is -2.17. The summed E-state index contributed by atoms with van der Waals surface area (Å²) in [6.45, 7) is 2.24. The fourth-order valence-electron chi connectivity index (χ4n) is 3.36. The van der Waals surface area contributed by atoms with Gasteiger partial charge in [0.1, 0.15) is 29.9 Å². The lowest BCUT2D eigenvalue weighted by atomic mass is 10.0. The first-order chi connectivity index (χ1) is 13.7. The van der Waals surface area contributed by atoms with E-state index in [1.54, 1.807) is 13.4 Å². The minimum absolute atomic E-state index is 0.0857. The van der Waals surface area contributed by atoms with E-state index in [9.17, 15) is 5.11 Å². The third kappa shape index (κ3) is 3.51. The summed E-state index contributed by atoms with van der Waals surface area (Å²) < 4.78 is 19.0. The SMILES string of the molecule is CNc1ncnc2c1ncn2[C@@H]1O[C@H](COCOc2ccccc2)[C@@H](O)[C@@H]1C. The molecule has 1 fully saturated rings. The van der Waals surface area contributed by atoms with E-state index >= 15 is 0 Å². The van der Waals surface area contributed by atoms with Crippen LogP contribution in [0.1, 0.15) is 13.2 Å². The van der Waals surface area contributed by atoms with Crippen LogP contribution < -0.4 is 10.1 Å². The lowest BCUT2D eigenvalue weighted by molar-refractivity contribution is -0.0856. The minimum Gasteiger partial charge on any atom is -0.468 e. The van der Waals surface area contributed by atoms with Crippen molar-refractivity contribution in [3.63, 3.8) is 0 Å². The zero-order chi connectivity index (χ0) is 19.5. The maximum absolute atomic E-state index is 10.6.